The van der Waals surface area contributed by atoms with Crippen LogP contribution in [0.4, 0.5) is 5.69 Å². The highest BCUT2D eigenvalue weighted by atomic mass is 35.5. The molecule has 0 aromatic heterocycles. The molecule has 24 heavy (non-hydrogen) atoms. The second kappa shape index (κ2) is 8.94. The Bertz CT molecular complexity index is 676. The summed E-state index contributed by atoms with van der Waals surface area (Å²) in [6, 6.07) is 5.00. The van der Waals surface area contributed by atoms with E-state index in [0.29, 0.717) is 22.9 Å². The van der Waals surface area contributed by atoms with E-state index in [-0.39, 0.29) is 24.3 Å². The standard InChI is InChI=1S/C15H21ClN2O4S2/c1-24(20,21)7-5-22-14-3-2-11(16)8-13(14)18-15(19)9-12-10-23-6-4-17-12/h2-3,8,12,17H,4-7,9-10H2,1H3,(H,18,19). The number of halogens is 1. The monoisotopic (exact) mass is 392 g/mol. The van der Waals surface area contributed by atoms with Crippen molar-refractivity contribution in [2.45, 2.75) is 12.5 Å². The van der Waals surface area contributed by atoms with Gasteiger partial charge in [0.25, 0.3) is 0 Å². The minimum atomic E-state index is -3.11. The molecule has 0 saturated carbocycles. The fourth-order valence-electron chi connectivity index (χ4n) is 2.20. The van der Waals surface area contributed by atoms with Crippen LogP contribution in [0.3, 0.4) is 0 Å². The number of thioether (sulfide) groups is 1. The lowest BCUT2D eigenvalue weighted by Crippen LogP contribution is -2.39. The molecule has 1 atom stereocenters. The van der Waals surface area contributed by atoms with Gasteiger partial charge in [0.2, 0.25) is 5.91 Å². The van der Waals surface area contributed by atoms with Crippen LogP contribution in [-0.4, -0.2) is 57.0 Å². The number of rotatable bonds is 7. The number of sulfone groups is 1. The van der Waals surface area contributed by atoms with Crippen molar-refractivity contribution in [2.75, 3.05) is 42.0 Å². The van der Waals surface area contributed by atoms with Gasteiger partial charge in [0, 0.05) is 41.8 Å². The first kappa shape index (κ1) is 19.4. The highest BCUT2D eigenvalue weighted by Gasteiger charge is 2.18. The van der Waals surface area contributed by atoms with E-state index in [1.54, 1.807) is 18.2 Å². The molecule has 1 saturated heterocycles. The molecule has 1 aliphatic rings. The minimum Gasteiger partial charge on any atom is -0.490 e. The van der Waals surface area contributed by atoms with Crippen molar-refractivity contribution in [3.63, 3.8) is 0 Å². The smallest absolute Gasteiger partial charge is 0.226 e. The molecule has 1 aliphatic heterocycles. The maximum absolute atomic E-state index is 12.2. The van der Waals surface area contributed by atoms with Gasteiger partial charge in [-0.15, -0.1) is 0 Å². The van der Waals surface area contributed by atoms with E-state index >= 15 is 0 Å². The number of anilines is 1. The molecule has 2 N–H and O–H groups in total. The Balaban J connectivity index is 1.96. The van der Waals surface area contributed by atoms with Crippen LogP contribution in [0.1, 0.15) is 6.42 Å². The molecule has 2 rings (SSSR count). The summed E-state index contributed by atoms with van der Waals surface area (Å²) < 4.78 is 27.8. The summed E-state index contributed by atoms with van der Waals surface area (Å²) in [7, 11) is -3.11. The largest absolute Gasteiger partial charge is 0.490 e. The average Bonchev–Trinajstić information content (AvgIpc) is 2.49. The maximum Gasteiger partial charge on any atom is 0.226 e. The number of nitrogens with one attached hydrogen (secondary N) is 2. The topological polar surface area (TPSA) is 84.5 Å². The average molecular weight is 393 g/mol. The van der Waals surface area contributed by atoms with Crippen LogP contribution >= 0.6 is 23.4 Å². The van der Waals surface area contributed by atoms with E-state index < -0.39 is 9.84 Å². The SMILES string of the molecule is CS(=O)(=O)CCOc1ccc(Cl)cc1NC(=O)CC1CSCCN1. The molecule has 1 fully saturated rings. The van der Waals surface area contributed by atoms with Gasteiger partial charge in [-0.1, -0.05) is 11.6 Å². The van der Waals surface area contributed by atoms with Crippen molar-refractivity contribution >= 4 is 44.8 Å². The lowest BCUT2D eigenvalue weighted by Gasteiger charge is -2.22. The van der Waals surface area contributed by atoms with E-state index in [1.165, 1.54) is 0 Å². The number of carbonyl (C=O) groups excluding carboxylic acids is 1. The third kappa shape index (κ3) is 6.88. The summed E-state index contributed by atoms with van der Waals surface area (Å²) in [6.45, 7) is 0.920. The molecule has 0 radical (unpaired) electrons. The predicted molar refractivity (Wildman–Crippen MR) is 99.0 cm³/mol. The van der Waals surface area contributed by atoms with Gasteiger partial charge < -0.3 is 15.4 Å². The third-order valence-corrected chi connectivity index (χ3v) is 5.63. The summed E-state index contributed by atoms with van der Waals surface area (Å²) >= 11 is 7.81. The van der Waals surface area contributed by atoms with Gasteiger partial charge in [-0.3, -0.25) is 4.79 Å². The van der Waals surface area contributed by atoms with Crippen LogP contribution in [0, 0.1) is 0 Å². The van der Waals surface area contributed by atoms with Crippen molar-refractivity contribution in [3.05, 3.63) is 23.2 Å². The second-order valence-electron chi connectivity index (χ2n) is 5.60. The molecule has 1 aromatic rings. The van der Waals surface area contributed by atoms with E-state index in [1.807, 2.05) is 11.8 Å². The van der Waals surface area contributed by atoms with Gasteiger partial charge in [-0.05, 0) is 18.2 Å². The number of hydrogen-bond acceptors (Lipinski definition) is 6. The van der Waals surface area contributed by atoms with Crippen molar-refractivity contribution in [3.8, 4) is 5.75 Å². The Hall–Kier alpha value is -0.960. The summed E-state index contributed by atoms with van der Waals surface area (Å²) in [4.78, 5) is 12.2. The normalized spacial score (nSPS) is 18.2. The highest BCUT2D eigenvalue weighted by Crippen LogP contribution is 2.28. The minimum absolute atomic E-state index is 0.0180. The Morgan fingerprint density at radius 3 is 2.96 bits per heavy atom. The van der Waals surface area contributed by atoms with Gasteiger partial charge in [0.05, 0.1) is 11.4 Å². The first-order valence-corrected chi connectivity index (χ1v) is 11.1. The number of ether oxygens (including phenoxy) is 1. The fraction of sp³-hybridized carbons (Fsp3) is 0.533. The van der Waals surface area contributed by atoms with Crippen molar-refractivity contribution in [1.82, 2.24) is 5.32 Å². The molecule has 0 bridgehead atoms. The Labute approximate surface area is 151 Å². The Morgan fingerprint density at radius 1 is 1.50 bits per heavy atom. The second-order valence-corrected chi connectivity index (χ2v) is 9.44. The molecule has 1 heterocycles. The van der Waals surface area contributed by atoms with Gasteiger partial charge >= 0.3 is 0 Å². The van der Waals surface area contributed by atoms with Gasteiger partial charge in [0.1, 0.15) is 12.4 Å². The van der Waals surface area contributed by atoms with E-state index in [9.17, 15) is 13.2 Å². The fourth-order valence-corrected chi connectivity index (χ4v) is 3.71. The molecular weight excluding hydrogens is 372 g/mol. The Morgan fingerprint density at radius 2 is 2.29 bits per heavy atom. The van der Waals surface area contributed by atoms with Crippen molar-refractivity contribution in [2.24, 2.45) is 0 Å². The zero-order valence-electron chi connectivity index (χ0n) is 13.4. The van der Waals surface area contributed by atoms with Gasteiger partial charge in [-0.2, -0.15) is 11.8 Å². The predicted octanol–water partition coefficient (Wildman–Crippen LogP) is 1.80. The molecule has 6 nitrogen and oxygen atoms in total. The molecule has 0 aliphatic carbocycles. The lowest BCUT2D eigenvalue weighted by molar-refractivity contribution is -0.116. The number of hydrogen-bond donors (Lipinski definition) is 2. The van der Waals surface area contributed by atoms with Crippen LogP contribution in [-0.2, 0) is 14.6 Å². The van der Waals surface area contributed by atoms with E-state index in [0.717, 1.165) is 24.3 Å². The van der Waals surface area contributed by atoms with Gasteiger partial charge in [0.15, 0.2) is 9.84 Å². The number of amides is 1. The number of carbonyl (C=O) groups is 1. The summed E-state index contributed by atoms with van der Waals surface area (Å²) in [5.74, 6) is 2.14. The van der Waals surface area contributed by atoms with E-state index in [4.69, 9.17) is 16.3 Å². The molecule has 1 aromatic carbocycles. The molecule has 9 heteroatoms. The van der Waals surface area contributed by atoms with Crippen LogP contribution in [0.15, 0.2) is 18.2 Å². The van der Waals surface area contributed by atoms with Crippen LogP contribution in [0.25, 0.3) is 0 Å². The van der Waals surface area contributed by atoms with Crippen molar-refractivity contribution in [1.29, 1.82) is 0 Å². The van der Waals surface area contributed by atoms with Gasteiger partial charge in [-0.25, -0.2) is 8.42 Å². The van der Waals surface area contributed by atoms with Crippen LogP contribution in [0.2, 0.25) is 5.02 Å². The van der Waals surface area contributed by atoms with E-state index in [2.05, 4.69) is 10.6 Å². The summed E-state index contributed by atoms with van der Waals surface area (Å²) in [6.07, 6.45) is 1.51. The van der Waals surface area contributed by atoms with Crippen molar-refractivity contribution < 1.29 is 17.9 Å². The quantitative estimate of drug-likeness (QED) is 0.736. The number of benzene rings is 1. The van der Waals surface area contributed by atoms with Crippen LogP contribution in [0.5, 0.6) is 5.75 Å². The zero-order chi connectivity index (χ0) is 17.6. The highest BCUT2D eigenvalue weighted by molar-refractivity contribution is 7.99. The molecular formula is C15H21ClN2O4S2. The summed E-state index contributed by atoms with van der Waals surface area (Å²) in [5.41, 5.74) is 0.449. The molecule has 1 amide bonds. The first-order chi connectivity index (χ1) is 11.3. The first-order valence-electron chi connectivity index (χ1n) is 7.54. The Kier molecular flexibility index (Phi) is 7.21. The zero-order valence-corrected chi connectivity index (χ0v) is 15.8. The molecule has 1 unspecified atom stereocenters. The molecule has 134 valence electrons. The maximum atomic E-state index is 12.2. The molecule has 0 spiro atoms. The van der Waals surface area contributed by atoms with Crippen LogP contribution < -0.4 is 15.4 Å². The lowest BCUT2D eigenvalue weighted by atomic mass is 10.2. The summed E-state index contributed by atoms with van der Waals surface area (Å²) in [5, 5.41) is 6.57. The third-order valence-electron chi connectivity index (χ3n) is 3.36.